The molecule has 1 saturated carbocycles. The third kappa shape index (κ3) is 5.47. The topological polar surface area (TPSA) is 97.8 Å². The monoisotopic (exact) mass is 473 g/mol. The Balaban J connectivity index is 1.52. The number of hydrogen-bond donors (Lipinski definition) is 1. The molecule has 1 aliphatic carbocycles. The first-order chi connectivity index (χ1) is 16.0. The molecule has 2 aliphatic rings. The van der Waals surface area contributed by atoms with Gasteiger partial charge in [0.25, 0.3) is 5.91 Å². The number of ether oxygens (including phenoxy) is 2. The Morgan fingerprint density at radius 3 is 2.58 bits per heavy atom. The van der Waals surface area contributed by atoms with E-state index in [-0.39, 0.29) is 16.2 Å². The first-order valence-electron chi connectivity index (χ1n) is 11.6. The summed E-state index contributed by atoms with van der Waals surface area (Å²) in [5, 5.41) is 2.78. The van der Waals surface area contributed by atoms with Crippen LogP contribution in [0.15, 0.2) is 41.4 Å². The fourth-order valence-corrected chi connectivity index (χ4v) is 6.13. The average molecular weight is 474 g/mol. The number of aromatic nitrogens is 1. The summed E-state index contributed by atoms with van der Waals surface area (Å²) in [5.74, 6) is 1.10. The quantitative estimate of drug-likeness (QED) is 0.620. The minimum Gasteiger partial charge on any atom is -0.495 e. The number of hydrogen-bond acceptors (Lipinski definition) is 6. The number of nitrogens with zero attached hydrogens (tertiary/aromatic N) is 2. The standard InChI is InChI=1S/C24H31N3O5S/c1-31-20-12-11-19(16-22(20)33(29,30)27-14-5-6-15-27)24(28)26-23-21(10-7-13-25-23)32-17-18-8-3-2-4-9-18/h7,10-13,16,18H,2-6,8-9,14-15,17H2,1H3,(H,25,26,28). The number of sulfonamides is 1. The number of methoxy groups -OCH3 is 1. The molecular formula is C24H31N3O5S. The molecule has 0 atom stereocenters. The summed E-state index contributed by atoms with van der Waals surface area (Å²) in [5.41, 5.74) is 0.206. The van der Waals surface area contributed by atoms with E-state index in [1.165, 1.54) is 42.8 Å². The van der Waals surface area contributed by atoms with Gasteiger partial charge in [-0.15, -0.1) is 0 Å². The Labute approximate surface area is 195 Å². The number of carbonyl (C=O) groups excluding carboxylic acids is 1. The molecule has 1 aliphatic heterocycles. The molecular weight excluding hydrogens is 442 g/mol. The summed E-state index contributed by atoms with van der Waals surface area (Å²) >= 11 is 0. The van der Waals surface area contributed by atoms with Crippen molar-refractivity contribution in [2.24, 2.45) is 5.92 Å². The Bertz CT molecular complexity index is 1080. The lowest BCUT2D eigenvalue weighted by molar-refractivity contribution is 0.102. The summed E-state index contributed by atoms with van der Waals surface area (Å²) in [6, 6.07) is 7.97. The van der Waals surface area contributed by atoms with Gasteiger partial charge in [-0.1, -0.05) is 19.3 Å². The lowest BCUT2D eigenvalue weighted by Gasteiger charge is -2.22. The fraction of sp³-hybridized carbons (Fsp3) is 0.500. The summed E-state index contributed by atoms with van der Waals surface area (Å²) < 4.78 is 38.9. The molecule has 1 N–H and O–H groups in total. The second-order valence-electron chi connectivity index (χ2n) is 8.60. The number of nitrogens with one attached hydrogen (secondary N) is 1. The van der Waals surface area contributed by atoms with Crippen LogP contribution in [0.25, 0.3) is 0 Å². The van der Waals surface area contributed by atoms with Crippen molar-refractivity contribution in [3.05, 3.63) is 42.1 Å². The molecule has 1 aromatic heterocycles. The second kappa shape index (κ2) is 10.5. The van der Waals surface area contributed by atoms with E-state index in [9.17, 15) is 13.2 Å². The van der Waals surface area contributed by atoms with Gasteiger partial charge in [-0.3, -0.25) is 4.79 Å². The number of carbonyl (C=O) groups is 1. The van der Waals surface area contributed by atoms with Crippen LogP contribution in [0.3, 0.4) is 0 Å². The van der Waals surface area contributed by atoms with Crippen molar-refractivity contribution >= 4 is 21.7 Å². The Morgan fingerprint density at radius 2 is 1.85 bits per heavy atom. The second-order valence-corrected chi connectivity index (χ2v) is 10.5. The zero-order valence-corrected chi connectivity index (χ0v) is 19.8. The zero-order chi connectivity index (χ0) is 23.3. The number of pyridine rings is 1. The van der Waals surface area contributed by atoms with E-state index in [1.807, 2.05) is 0 Å². The van der Waals surface area contributed by atoms with Gasteiger partial charge in [0.1, 0.15) is 10.6 Å². The minimum absolute atomic E-state index is 0.00524. The molecule has 0 radical (unpaired) electrons. The van der Waals surface area contributed by atoms with E-state index in [0.29, 0.717) is 37.2 Å². The molecule has 9 heteroatoms. The summed E-state index contributed by atoms with van der Waals surface area (Å²) in [6.07, 6.45) is 9.28. The molecule has 2 aromatic rings. The minimum atomic E-state index is -3.75. The van der Waals surface area contributed by atoms with Gasteiger partial charge in [-0.05, 0) is 61.9 Å². The van der Waals surface area contributed by atoms with Crippen LogP contribution in [0.5, 0.6) is 11.5 Å². The van der Waals surface area contributed by atoms with E-state index in [0.717, 1.165) is 25.7 Å². The van der Waals surface area contributed by atoms with Crippen molar-refractivity contribution in [1.29, 1.82) is 0 Å². The van der Waals surface area contributed by atoms with Gasteiger partial charge in [-0.25, -0.2) is 13.4 Å². The molecule has 0 bridgehead atoms. The van der Waals surface area contributed by atoms with Gasteiger partial charge in [0.15, 0.2) is 11.6 Å². The van der Waals surface area contributed by atoms with Crippen molar-refractivity contribution in [2.75, 3.05) is 32.1 Å². The molecule has 2 fully saturated rings. The largest absolute Gasteiger partial charge is 0.495 e. The molecule has 2 heterocycles. The Kier molecular flexibility index (Phi) is 7.49. The maximum absolute atomic E-state index is 13.1. The number of anilines is 1. The van der Waals surface area contributed by atoms with E-state index in [1.54, 1.807) is 24.4 Å². The van der Waals surface area contributed by atoms with Crippen molar-refractivity contribution in [2.45, 2.75) is 49.8 Å². The van der Waals surface area contributed by atoms with Crippen LogP contribution in [-0.2, 0) is 10.0 Å². The SMILES string of the molecule is COc1ccc(C(=O)Nc2ncccc2OCC2CCCCC2)cc1S(=O)(=O)N1CCCC1. The highest BCUT2D eigenvalue weighted by molar-refractivity contribution is 7.89. The zero-order valence-electron chi connectivity index (χ0n) is 19.0. The summed E-state index contributed by atoms with van der Waals surface area (Å²) in [6.45, 7) is 1.53. The van der Waals surface area contributed by atoms with Crippen LogP contribution >= 0.6 is 0 Å². The van der Waals surface area contributed by atoms with Crippen molar-refractivity contribution in [1.82, 2.24) is 9.29 Å². The van der Waals surface area contributed by atoms with Gasteiger partial charge >= 0.3 is 0 Å². The molecule has 178 valence electrons. The van der Waals surface area contributed by atoms with Gasteiger partial charge in [0, 0.05) is 24.8 Å². The number of amides is 1. The van der Waals surface area contributed by atoms with Crippen LogP contribution < -0.4 is 14.8 Å². The highest BCUT2D eigenvalue weighted by Gasteiger charge is 2.31. The summed E-state index contributed by atoms with van der Waals surface area (Å²) in [4.78, 5) is 17.3. The number of rotatable bonds is 8. The first-order valence-corrected chi connectivity index (χ1v) is 13.0. The lowest BCUT2D eigenvalue weighted by atomic mass is 9.90. The van der Waals surface area contributed by atoms with Gasteiger partial charge < -0.3 is 14.8 Å². The highest BCUT2D eigenvalue weighted by Crippen LogP contribution is 2.31. The summed E-state index contributed by atoms with van der Waals surface area (Å²) in [7, 11) is -2.33. The third-order valence-corrected chi connectivity index (χ3v) is 8.23. The molecule has 0 unspecified atom stereocenters. The molecule has 0 spiro atoms. The van der Waals surface area contributed by atoms with Crippen LogP contribution in [0.4, 0.5) is 5.82 Å². The van der Waals surface area contributed by atoms with Gasteiger partial charge in [0.05, 0.1) is 13.7 Å². The predicted octanol–water partition coefficient (Wildman–Crippen LogP) is 4.09. The van der Waals surface area contributed by atoms with Crippen LogP contribution in [0.1, 0.15) is 55.3 Å². The molecule has 4 rings (SSSR count). The Hall–Kier alpha value is -2.65. The first kappa shape index (κ1) is 23.5. The van der Waals surface area contributed by atoms with Crippen molar-refractivity contribution in [3.63, 3.8) is 0 Å². The van der Waals surface area contributed by atoms with Gasteiger partial charge in [-0.2, -0.15) is 4.31 Å². The van der Waals surface area contributed by atoms with E-state index in [2.05, 4.69) is 10.3 Å². The molecule has 8 nitrogen and oxygen atoms in total. The lowest BCUT2D eigenvalue weighted by Crippen LogP contribution is -2.28. The normalized spacial score (nSPS) is 17.6. The predicted molar refractivity (Wildman–Crippen MR) is 125 cm³/mol. The van der Waals surface area contributed by atoms with Crippen molar-refractivity contribution in [3.8, 4) is 11.5 Å². The fourth-order valence-electron chi connectivity index (χ4n) is 4.43. The average Bonchev–Trinajstić information content (AvgIpc) is 3.40. The third-order valence-electron chi connectivity index (χ3n) is 6.31. The molecule has 33 heavy (non-hydrogen) atoms. The Morgan fingerprint density at radius 1 is 1.09 bits per heavy atom. The van der Waals surface area contributed by atoms with Crippen LogP contribution in [-0.4, -0.2) is 50.4 Å². The van der Waals surface area contributed by atoms with Gasteiger partial charge in [0.2, 0.25) is 10.0 Å². The smallest absolute Gasteiger partial charge is 0.256 e. The highest BCUT2D eigenvalue weighted by atomic mass is 32.2. The molecule has 1 aromatic carbocycles. The van der Waals surface area contributed by atoms with Crippen LogP contribution in [0.2, 0.25) is 0 Å². The van der Waals surface area contributed by atoms with Crippen molar-refractivity contribution < 1.29 is 22.7 Å². The van der Waals surface area contributed by atoms with E-state index >= 15 is 0 Å². The number of benzene rings is 1. The van der Waals surface area contributed by atoms with E-state index < -0.39 is 15.9 Å². The van der Waals surface area contributed by atoms with Crippen LogP contribution in [0, 0.1) is 5.92 Å². The van der Waals surface area contributed by atoms with E-state index in [4.69, 9.17) is 9.47 Å². The molecule has 1 amide bonds. The molecule has 1 saturated heterocycles. The maximum atomic E-state index is 13.1. The maximum Gasteiger partial charge on any atom is 0.256 e.